The molecule has 232 valence electrons. The molecule has 0 N–H and O–H groups in total. The van der Waals surface area contributed by atoms with Crippen LogP contribution in [-0.4, -0.2) is 15.0 Å². The molecule has 4 heteroatoms. The number of nitrogens with zero attached hydrogens (tertiary/aromatic N) is 3. The van der Waals surface area contributed by atoms with Crippen molar-refractivity contribution in [2.24, 2.45) is 0 Å². The van der Waals surface area contributed by atoms with Crippen molar-refractivity contribution in [3.8, 4) is 78.7 Å². The zero-order valence-corrected chi connectivity index (χ0v) is 27.3. The van der Waals surface area contributed by atoms with E-state index in [2.05, 4.69) is 152 Å². The molecule has 0 spiro atoms. The highest BCUT2D eigenvalue weighted by Crippen LogP contribution is 2.32. The molecule has 0 amide bonds. The topological polar surface area (TPSA) is 38.7 Å². The lowest BCUT2D eigenvalue weighted by molar-refractivity contribution is 1.07. The maximum Gasteiger partial charge on any atom is 0.164 e. The fourth-order valence-corrected chi connectivity index (χ4v) is 6.25. The molecule has 0 radical (unpaired) electrons. The van der Waals surface area contributed by atoms with Gasteiger partial charge in [-0.25, -0.2) is 15.0 Å². The van der Waals surface area contributed by atoms with Gasteiger partial charge in [-0.05, 0) is 74.8 Å². The van der Waals surface area contributed by atoms with Crippen molar-refractivity contribution in [2.45, 2.75) is 0 Å². The second kappa shape index (κ2) is 13.5. The molecule has 0 fully saturated rings. The smallest absolute Gasteiger partial charge is 0.164 e. The van der Waals surface area contributed by atoms with E-state index in [1.165, 1.54) is 5.56 Å². The molecule has 8 rings (SSSR count). The highest BCUT2D eigenvalue weighted by molar-refractivity contribution is 6.30. The van der Waals surface area contributed by atoms with Crippen LogP contribution >= 0.6 is 11.6 Å². The summed E-state index contributed by atoms with van der Waals surface area (Å²) >= 11 is 6.31. The lowest BCUT2D eigenvalue weighted by Crippen LogP contribution is -2.00. The Kier molecular flexibility index (Phi) is 8.33. The Morgan fingerprint density at radius 3 is 1.04 bits per heavy atom. The molecule has 0 unspecified atom stereocenters. The van der Waals surface area contributed by atoms with Gasteiger partial charge in [0, 0.05) is 21.7 Å². The van der Waals surface area contributed by atoms with Crippen LogP contribution < -0.4 is 0 Å². The molecule has 1 heterocycles. The van der Waals surface area contributed by atoms with Gasteiger partial charge in [-0.1, -0.05) is 163 Å². The van der Waals surface area contributed by atoms with Crippen LogP contribution in [-0.2, 0) is 0 Å². The minimum Gasteiger partial charge on any atom is -0.208 e. The Hall–Kier alpha value is -6.16. The zero-order valence-electron chi connectivity index (χ0n) is 26.5. The van der Waals surface area contributed by atoms with Gasteiger partial charge in [0.15, 0.2) is 17.5 Å². The van der Waals surface area contributed by atoms with E-state index in [-0.39, 0.29) is 0 Å². The summed E-state index contributed by atoms with van der Waals surface area (Å²) in [5.41, 5.74) is 11.7. The number of halogens is 1. The van der Waals surface area contributed by atoms with Gasteiger partial charge in [-0.3, -0.25) is 0 Å². The molecule has 0 saturated heterocycles. The molecular weight excluding hydrogens is 618 g/mol. The molecule has 0 saturated carbocycles. The van der Waals surface area contributed by atoms with E-state index >= 15 is 0 Å². The van der Waals surface area contributed by atoms with Crippen molar-refractivity contribution in [2.75, 3.05) is 0 Å². The van der Waals surface area contributed by atoms with Crippen LogP contribution in [0.3, 0.4) is 0 Å². The van der Waals surface area contributed by atoms with E-state index in [1.54, 1.807) is 0 Å². The first-order valence-electron chi connectivity index (χ1n) is 16.2. The third-order valence-corrected chi connectivity index (χ3v) is 8.82. The Labute approximate surface area is 291 Å². The van der Waals surface area contributed by atoms with Crippen LogP contribution in [0.4, 0.5) is 0 Å². The van der Waals surface area contributed by atoms with Gasteiger partial charge in [-0.2, -0.15) is 0 Å². The Morgan fingerprint density at radius 1 is 0.245 bits per heavy atom. The van der Waals surface area contributed by atoms with E-state index in [1.807, 2.05) is 30.3 Å². The fourth-order valence-electron chi connectivity index (χ4n) is 6.06. The summed E-state index contributed by atoms with van der Waals surface area (Å²) < 4.78 is 0. The number of benzene rings is 7. The standard InChI is InChI=1S/C45H30ClN3/c46-42-22-10-19-39(30-42)37-17-7-16-36(27-37)38-18-9-21-41(29-38)45-48-43(34-25-23-33(24-26-34)31-11-3-1-4-12-31)47-44(49-45)40-20-8-15-35(28-40)32-13-5-2-6-14-32/h1-30H. The van der Waals surface area contributed by atoms with Crippen LogP contribution in [0.25, 0.3) is 78.7 Å². The summed E-state index contributed by atoms with van der Waals surface area (Å²) in [6.07, 6.45) is 0. The molecule has 0 bridgehead atoms. The first-order valence-corrected chi connectivity index (χ1v) is 16.6. The van der Waals surface area contributed by atoms with Gasteiger partial charge in [-0.15, -0.1) is 0 Å². The summed E-state index contributed by atoms with van der Waals surface area (Å²) in [6.45, 7) is 0. The Morgan fingerprint density at radius 2 is 0.551 bits per heavy atom. The summed E-state index contributed by atoms with van der Waals surface area (Å²) in [5, 5.41) is 0.718. The van der Waals surface area contributed by atoms with Gasteiger partial charge < -0.3 is 0 Å². The maximum absolute atomic E-state index is 6.31. The molecule has 0 aliphatic carbocycles. The summed E-state index contributed by atoms with van der Waals surface area (Å²) in [6, 6.07) is 62.4. The first kappa shape index (κ1) is 30.2. The number of hydrogen-bond donors (Lipinski definition) is 0. The molecule has 7 aromatic carbocycles. The van der Waals surface area contributed by atoms with Crippen LogP contribution in [0.2, 0.25) is 5.02 Å². The van der Waals surface area contributed by atoms with Crippen molar-refractivity contribution >= 4 is 11.6 Å². The lowest BCUT2D eigenvalue weighted by atomic mass is 9.98. The van der Waals surface area contributed by atoms with Crippen molar-refractivity contribution in [1.82, 2.24) is 15.0 Å². The molecule has 49 heavy (non-hydrogen) atoms. The molecule has 0 atom stereocenters. The Bertz CT molecular complexity index is 2390. The third kappa shape index (κ3) is 6.66. The van der Waals surface area contributed by atoms with Crippen LogP contribution in [0.1, 0.15) is 0 Å². The first-order chi connectivity index (χ1) is 24.2. The predicted octanol–water partition coefficient (Wildman–Crippen LogP) is 12.2. The number of hydrogen-bond acceptors (Lipinski definition) is 3. The van der Waals surface area contributed by atoms with Crippen LogP contribution in [0, 0.1) is 0 Å². The minimum absolute atomic E-state index is 0.616. The summed E-state index contributed by atoms with van der Waals surface area (Å²) in [5.74, 6) is 1.86. The SMILES string of the molecule is Clc1cccc(-c2cccc(-c3cccc(-c4nc(-c5ccc(-c6ccccc6)cc5)nc(-c5cccc(-c6ccccc6)c5)n4)c3)c2)c1. The van der Waals surface area contributed by atoms with Crippen molar-refractivity contribution in [3.63, 3.8) is 0 Å². The monoisotopic (exact) mass is 647 g/mol. The second-order valence-corrected chi connectivity index (χ2v) is 12.3. The van der Waals surface area contributed by atoms with E-state index in [0.29, 0.717) is 17.5 Å². The normalized spacial score (nSPS) is 11.0. The zero-order chi connectivity index (χ0) is 33.0. The fraction of sp³-hybridized carbons (Fsp3) is 0. The molecule has 1 aromatic heterocycles. The van der Waals surface area contributed by atoms with Gasteiger partial charge in [0.05, 0.1) is 0 Å². The van der Waals surface area contributed by atoms with Gasteiger partial charge in [0.25, 0.3) is 0 Å². The quantitative estimate of drug-likeness (QED) is 0.173. The summed E-state index contributed by atoms with van der Waals surface area (Å²) in [4.78, 5) is 15.2. The second-order valence-electron chi connectivity index (χ2n) is 11.9. The van der Waals surface area contributed by atoms with E-state index in [0.717, 1.165) is 60.7 Å². The van der Waals surface area contributed by atoms with Crippen LogP contribution in [0.5, 0.6) is 0 Å². The average Bonchev–Trinajstić information content (AvgIpc) is 3.19. The molecular formula is C45H30ClN3. The van der Waals surface area contributed by atoms with Gasteiger partial charge in [0.2, 0.25) is 0 Å². The highest BCUT2D eigenvalue weighted by Gasteiger charge is 2.14. The largest absolute Gasteiger partial charge is 0.208 e. The van der Waals surface area contributed by atoms with Crippen LogP contribution in [0.15, 0.2) is 182 Å². The van der Waals surface area contributed by atoms with Crippen molar-refractivity contribution < 1.29 is 0 Å². The van der Waals surface area contributed by atoms with Gasteiger partial charge >= 0.3 is 0 Å². The number of rotatable bonds is 7. The third-order valence-electron chi connectivity index (χ3n) is 8.59. The van der Waals surface area contributed by atoms with E-state index in [4.69, 9.17) is 26.6 Å². The van der Waals surface area contributed by atoms with Crippen molar-refractivity contribution in [3.05, 3.63) is 187 Å². The molecule has 0 aliphatic rings. The maximum atomic E-state index is 6.31. The molecule has 3 nitrogen and oxygen atoms in total. The minimum atomic E-state index is 0.616. The average molecular weight is 648 g/mol. The molecule has 8 aromatic rings. The Balaban J connectivity index is 1.22. The lowest BCUT2D eigenvalue weighted by Gasteiger charge is -2.11. The predicted molar refractivity (Wildman–Crippen MR) is 203 cm³/mol. The van der Waals surface area contributed by atoms with E-state index in [9.17, 15) is 0 Å². The van der Waals surface area contributed by atoms with E-state index < -0.39 is 0 Å². The van der Waals surface area contributed by atoms with Crippen molar-refractivity contribution in [1.29, 1.82) is 0 Å². The van der Waals surface area contributed by atoms with Gasteiger partial charge in [0.1, 0.15) is 0 Å². The highest BCUT2D eigenvalue weighted by atomic mass is 35.5. The molecule has 0 aliphatic heterocycles. The summed E-state index contributed by atoms with van der Waals surface area (Å²) in [7, 11) is 0. The number of aromatic nitrogens is 3.